The van der Waals surface area contributed by atoms with E-state index in [1.807, 2.05) is 24.3 Å². The number of fused-ring (bicyclic) bond motifs is 7. The summed E-state index contributed by atoms with van der Waals surface area (Å²) in [6.45, 7) is 4.11. The van der Waals surface area contributed by atoms with Crippen molar-refractivity contribution in [2.24, 2.45) is 0 Å². The van der Waals surface area contributed by atoms with Crippen LogP contribution in [0.4, 0.5) is 0 Å². The molecule has 0 saturated carbocycles. The molecule has 2 atom stereocenters. The first kappa shape index (κ1) is 17.3. The van der Waals surface area contributed by atoms with Crippen molar-refractivity contribution in [3.63, 3.8) is 0 Å². The molecule has 1 N–H and O–H groups in total. The number of sulfonamides is 1. The molecule has 7 heteroatoms. The predicted octanol–water partition coefficient (Wildman–Crippen LogP) is 3.44. The van der Waals surface area contributed by atoms with Crippen LogP contribution < -0.4 is 0 Å². The van der Waals surface area contributed by atoms with Crippen LogP contribution in [0.1, 0.15) is 48.3 Å². The summed E-state index contributed by atoms with van der Waals surface area (Å²) in [5.41, 5.74) is 3.33. The maximum Gasteiger partial charge on any atom is 0.244 e. The summed E-state index contributed by atoms with van der Waals surface area (Å²) in [4.78, 5) is 4.56. The average Bonchev–Trinajstić information content (AvgIpc) is 3.23. The van der Waals surface area contributed by atoms with Crippen LogP contribution in [0.5, 0.6) is 0 Å². The smallest absolute Gasteiger partial charge is 0.244 e. The highest BCUT2D eigenvalue weighted by molar-refractivity contribution is 7.93. The van der Waals surface area contributed by atoms with Gasteiger partial charge in [-0.3, -0.25) is 10.1 Å². The molecule has 142 valence electrons. The molecule has 0 spiro atoms. The van der Waals surface area contributed by atoms with Crippen molar-refractivity contribution >= 4 is 10.0 Å². The summed E-state index contributed by atoms with van der Waals surface area (Å²) in [7, 11) is -3.77. The van der Waals surface area contributed by atoms with Gasteiger partial charge in [0.25, 0.3) is 0 Å². The Balaban J connectivity index is 1.76. The van der Waals surface area contributed by atoms with Crippen molar-refractivity contribution in [1.82, 2.24) is 19.5 Å². The van der Waals surface area contributed by atoms with Gasteiger partial charge in [-0.1, -0.05) is 44.2 Å². The minimum absolute atomic E-state index is 0.270. The monoisotopic (exact) mass is 392 g/mol. The third-order valence-corrected chi connectivity index (χ3v) is 7.66. The van der Waals surface area contributed by atoms with Crippen molar-refractivity contribution in [3.8, 4) is 0 Å². The zero-order chi connectivity index (χ0) is 19.5. The van der Waals surface area contributed by atoms with Gasteiger partial charge in [0, 0.05) is 29.1 Å². The van der Waals surface area contributed by atoms with Crippen molar-refractivity contribution in [2.45, 2.75) is 31.3 Å². The Labute approximate surface area is 164 Å². The van der Waals surface area contributed by atoms with Crippen LogP contribution in [0.25, 0.3) is 0 Å². The molecule has 1 aliphatic carbocycles. The molecular formula is C21H20N4O2S. The molecule has 2 bridgehead atoms. The summed E-state index contributed by atoms with van der Waals surface area (Å²) in [6, 6.07) is 1.15. The van der Waals surface area contributed by atoms with Gasteiger partial charge >= 0.3 is 0 Å². The number of aromatic amines is 1. The van der Waals surface area contributed by atoms with Gasteiger partial charge < -0.3 is 0 Å². The Kier molecular flexibility index (Phi) is 3.63. The van der Waals surface area contributed by atoms with E-state index in [-0.39, 0.29) is 10.9 Å². The Morgan fingerprint density at radius 2 is 1.82 bits per heavy atom. The van der Waals surface area contributed by atoms with Gasteiger partial charge in [-0.05, 0) is 29.3 Å². The van der Waals surface area contributed by atoms with Crippen LogP contribution in [0, 0.1) is 0 Å². The van der Waals surface area contributed by atoms with E-state index in [4.69, 9.17) is 0 Å². The van der Waals surface area contributed by atoms with E-state index in [1.54, 1.807) is 47.2 Å². The van der Waals surface area contributed by atoms with E-state index in [1.165, 1.54) is 0 Å². The minimum Gasteiger partial charge on any atom is -0.282 e. The van der Waals surface area contributed by atoms with Gasteiger partial charge in [0.2, 0.25) is 10.0 Å². The summed E-state index contributed by atoms with van der Waals surface area (Å²) >= 11 is 0. The lowest BCUT2D eigenvalue weighted by Gasteiger charge is -2.43. The molecule has 0 saturated heterocycles. The second-order valence-corrected chi connectivity index (χ2v) is 9.61. The lowest BCUT2D eigenvalue weighted by molar-refractivity contribution is 0.199. The molecule has 0 aromatic carbocycles. The Hall–Kier alpha value is -2.77. The largest absolute Gasteiger partial charge is 0.282 e. The lowest BCUT2D eigenvalue weighted by atomic mass is 9.76. The summed E-state index contributed by atoms with van der Waals surface area (Å²) in [6.07, 6.45) is 17.6. The highest BCUT2D eigenvalue weighted by Gasteiger charge is 2.58. The number of aromatic nitrogens is 3. The SMILES string of the molecule is CC1(C)c2[nH]ncc2C2c3ccncc3C1N2S(=O)(=O)C1=CC=CC=CC=C1. The fourth-order valence-corrected chi connectivity index (χ4v) is 6.51. The maximum atomic E-state index is 13.9. The summed E-state index contributed by atoms with van der Waals surface area (Å²) in [5.74, 6) is 0. The first-order valence-corrected chi connectivity index (χ1v) is 10.6. The Morgan fingerprint density at radius 3 is 2.68 bits per heavy atom. The van der Waals surface area contributed by atoms with Gasteiger partial charge in [0.05, 0.1) is 23.2 Å². The van der Waals surface area contributed by atoms with Crippen molar-refractivity contribution < 1.29 is 8.42 Å². The number of hydrogen-bond donors (Lipinski definition) is 1. The van der Waals surface area contributed by atoms with Crippen LogP contribution in [-0.2, 0) is 15.4 Å². The topological polar surface area (TPSA) is 79.0 Å². The highest BCUT2D eigenvalue weighted by Crippen LogP contribution is 2.60. The summed E-state index contributed by atoms with van der Waals surface area (Å²) < 4.78 is 29.3. The van der Waals surface area contributed by atoms with E-state index in [0.717, 1.165) is 22.4 Å². The van der Waals surface area contributed by atoms with Crippen LogP contribution in [0.2, 0.25) is 0 Å². The predicted molar refractivity (Wildman–Crippen MR) is 107 cm³/mol. The highest BCUT2D eigenvalue weighted by atomic mass is 32.2. The van der Waals surface area contributed by atoms with E-state index < -0.39 is 21.5 Å². The minimum atomic E-state index is -3.77. The number of rotatable bonds is 2. The molecule has 2 aromatic rings. The zero-order valence-corrected chi connectivity index (χ0v) is 16.4. The molecular weight excluding hydrogens is 372 g/mol. The molecule has 3 aliphatic rings. The first-order valence-electron chi connectivity index (χ1n) is 9.17. The number of nitrogens with zero attached hydrogens (tertiary/aromatic N) is 3. The molecule has 2 aromatic heterocycles. The second kappa shape index (κ2) is 5.86. The third kappa shape index (κ3) is 2.20. The van der Waals surface area contributed by atoms with E-state index >= 15 is 0 Å². The second-order valence-electron chi connectivity index (χ2n) is 7.76. The number of nitrogens with one attached hydrogen (secondary N) is 1. The molecule has 0 radical (unpaired) electrons. The van der Waals surface area contributed by atoms with Crippen molar-refractivity contribution in [2.75, 3.05) is 0 Å². The molecule has 2 unspecified atom stereocenters. The number of allylic oxidation sites excluding steroid dienone is 7. The quantitative estimate of drug-likeness (QED) is 0.849. The number of hydrogen-bond acceptors (Lipinski definition) is 4. The van der Waals surface area contributed by atoms with Crippen LogP contribution in [-0.4, -0.2) is 27.9 Å². The number of H-pyrrole nitrogens is 1. The van der Waals surface area contributed by atoms with E-state index in [2.05, 4.69) is 29.0 Å². The van der Waals surface area contributed by atoms with Crippen molar-refractivity contribution in [3.05, 3.63) is 94.5 Å². The summed E-state index contributed by atoms with van der Waals surface area (Å²) in [5, 5.41) is 7.35. The standard InChI is InChI=1S/C21H20N4O2S/c1-21(2)19-17(13-23-24-19)18-15-10-11-22-12-16(15)20(21)25(18)28(26,27)14-8-6-4-3-5-7-9-14/h3-13,18,20H,1-2H3,(H,23,24). The molecule has 0 fully saturated rings. The molecule has 2 aliphatic heterocycles. The van der Waals surface area contributed by atoms with Crippen molar-refractivity contribution in [1.29, 1.82) is 0 Å². The molecule has 4 heterocycles. The maximum absolute atomic E-state index is 13.9. The van der Waals surface area contributed by atoms with Crippen LogP contribution >= 0.6 is 0 Å². The van der Waals surface area contributed by atoms with Gasteiger partial charge in [-0.25, -0.2) is 8.42 Å². The Bertz CT molecular complexity index is 1180. The van der Waals surface area contributed by atoms with Crippen LogP contribution in [0.3, 0.4) is 0 Å². The van der Waals surface area contributed by atoms with E-state index in [0.29, 0.717) is 0 Å². The fourth-order valence-electron chi connectivity index (χ4n) is 4.61. The van der Waals surface area contributed by atoms with Gasteiger partial charge in [0.1, 0.15) is 0 Å². The third-order valence-electron chi connectivity index (χ3n) is 5.82. The molecule has 0 amide bonds. The average molecular weight is 392 g/mol. The molecule has 28 heavy (non-hydrogen) atoms. The lowest BCUT2D eigenvalue weighted by Crippen LogP contribution is -2.46. The number of pyridine rings is 1. The van der Waals surface area contributed by atoms with Gasteiger partial charge in [0.15, 0.2) is 0 Å². The molecule has 6 nitrogen and oxygen atoms in total. The zero-order valence-electron chi connectivity index (χ0n) is 15.6. The van der Waals surface area contributed by atoms with E-state index in [9.17, 15) is 8.42 Å². The molecule has 5 rings (SSSR count). The fraction of sp³-hybridized carbons (Fsp3) is 0.238. The normalized spacial score (nSPS) is 25.0. The van der Waals surface area contributed by atoms with Gasteiger partial charge in [-0.15, -0.1) is 0 Å². The Morgan fingerprint density at radius 1 is 1.04 bits per heavy atom. The first-order chi connectivity index (χ1) is 13.4. The van der Waals surface area contributed by atoms with Crippen LogP contribution in [0.15, 0.2) is 72.1 Å². The van der Waals surface area contributed by atoms with Gasteiger partial charge in [-0.2, -0.15) is 9.40 Å².